The van der Waals surface area contributed by atoms with Gasteiger partial charge in [0.05, 0.1) is 11.9 Å². The van der Waals surface area contributed by atoms with E-state index < -0.39 is 16.1 Å². The van der Waals surface area contributed by atoms with E-state index in [4.69, 9.17) is 0 Å². The van der Waals surface area contributed by atoms with Crippen LogP contribution in [0.2, 0.25) is 0 Å². The van der Waals surface area contributed by atoms with Gasteiger partial charge in [0, 0.05) is 26.6 Å². The fraction of sp³-hybridized carbons (Fsp3) is 0.440. The summed E-state index contributed by atoms with van der Waals surface area (Å²) in [6.45, 7) is 6.14. The minimum Gasteiger partial charge on any atom is -0.357 e. The van der Waals surface area contributed by atoms with E-state index >= 15 is 0 Å². The van der Waals surface area contributed by atoms with Crippen molar-refractivity contribution in [2.75, 3.05) is 30.7 Å². The van der Waals surface area contributed by atoms with Gasteiger partial charge in [0.25, 0.3) is 0 Å². The topological polar surface area (TPSA) is 86.8 Å². The summed E-state index contributed by atoms with van der Waals surface area (Å²) in [5.41, 5.74) is 3.61. The number of aryl methyl sites for hydroxylation is 1. The van der Waals surface area contributed by atoms with E-state index in [0.717, 1.165) is 16.7 Å². The lowest BCUT2D eigenvalue weighted by atomic mass is 10.1. The average molecular weight is 474 g/mol. The second kappa shape index (κ2) is 11.8. The molecule has 0 aliphatic heterocycles. The van der Waals surface area contributed by atoms with Crippen LogP contribution >= 0.6 is 0 Å². The molecule has 0 saturated heterocycles. The molecule has 180 valence electrons. The number of nitrogens with zero attached hydrogens (tertiary/aromatic N) is 2. The number of hydrogen-bond donors (Lipinski definition) is 1. The molecule has 8 heteroatoms. The van der Waals surface area contributed by atoms with Gasteiger partial charge in [0.15, 0.2) is 0 Å². The standard InChI is InChI=1S/C25H35N3O4S/c1-19-11-9-14-23(20(19)2)28(33(5,31)32)17-10-15-24(29)27(21(3)25(30)26-4)18-16-22-12-7-6-8-13-22/h6-9,11-14,21H,10,15-18H2,1-5H3,(H,26,30). The molecular formula is C25H35N3O4S. The fourth-order valence-electron chi connectivity index (χ4n) is 3.77. The van der Waals surface area contributed by atoms with Gasteiger partial charge in [-0.2, -0.15) is 0 Å². The smallest absolute Gasteiger partial charge is 0.242 e. The zero-order valence-electron chi connectivity index (χ0n) is 20.2. The minimum atomic E-state index is -3.51. The number of anilines is 1. The largest absolute Gasteiger partial charge is 0.357 e. The number of nitrogens with one attached hydrogen (secondary N) is 1. The normalized spacial score (nSPS) is 12.2. The van der Waals surface area contributed by atoms with Crippen molar-refractivity contribution >= 4 is 27.5 Å². The molecule has 0 saturated carbocycles. The SMILES string of the molecule is CNC(=O)C(C)N(CCc1ccccc1)C(=O)CCCN(c1cccc(C)c1C)S(C)(=O)=O. The number of likely N-dealkylation sites (N-methyl/N-ethyl adjacent to an activating group) is 1. The fourth-order valence-corrected chi connectivity index (χ4v) is 4.78. The number of carbonyl (C=O) groups excluding carboxylic acids is 2. The monoisotopic (exact) mass is 473 g/mol. The van der Waals surface area contributed by atoms with Crippen molar-refractivity contribution in [3.8, 4) is 0 Å². The maximum absolute atomic E-state index is 13.1. The van der Waals surface area contributed by atoms with E-state index in [9.17, 15) is 18.0 Å². The second-order valence-corrected chi connectivity index (χ2v) is 10.2. The maximum atomic E-state index is 13.1. The summed E-state index contributed by atoms with van der Waals surface area (Å²) in [6.07, 6.45) is 2.30. The molecule has 1 atom stereocenters. The molecule has 7 nitrogen and oxygen atoms in total. The number of amides is 2. The van der Waals surface area contributed by atoms with E-state index in [1.54, 1.807) is 24.9 Å². The molecule has 0 aromatic heterocycles. The predicted molar refractivity (Wildman–Crippen MR) is 133 cm³/mol. The first kappa shape index (κ1) is 26.4. The summed E-state index contributed by atoms with van der Waals surface area (Å²) >= 11 is 0. The van der Waals surface area contributed by atoms with Gasteiger partial charge in [-0.3, -0.25) is 13.9 Å². The molecule has 0 spiro atoms. The van der Waals surface area contributed by atoms with Crippen LogP contribution in [0.3, 0.4) is 0 Å². The summed E-state index contributed by atoms with van der Waals surface area (Å²) in [6, 6.07) is 14.7. The van der Waals surface area contributed by atoms with Gasteiger partial charge in [0.1, 0.15) is 6.04 Å². The third-order valence-electron chi connectivity index (χ3n) is 5.89. The molecular weight excluding hydrogens is 438 g/mol. The summed E-state index contributed by atoms with van der Waals surface area (Å²) in [5.74, 6) is -0.402. The second-order valence-electron chi connectivity index (χ2n) is 8.27. The Morgan fingerprint density at radius 3 is 2.27 bits per heavy atom. The van der Waals surface area contributed by atoms with E-state index in [0.29, 0.717) is 25.1 Å². The molecule has 33 heavy (non-hydrogen) atoms. The Hall–Kier alpha value is -2.87. The van der Waals surface area contributed by atoms with Crippen molar-refractivity contribution in [3.05, 3.63) is 65.2 Å². The average Bonchev–Trinajstić information content (AvgIpc) is 2.78. The lowest BCUT2D eigenvalue weighted by Crippen LogP contribution is -2.48. The first-order valence-electron chi connectivity index (χ1n) is 11.1. The van der Waals surface area contributed by atoms with Crippen molar-refractivity contribution in [1.29, 1.82) is 0 Å². The third-order valence-corrected chi connectivity index (χ3v) is 7.07. The first-order chi connectivity index (χ1) is 15.6. The Labute approximate surface area is 197 Å². The number of hydrogen-bond acceptors (Lipinski definition) is 4. The van der Waals surface area contributed by atoms with Gasteiger partial charge in [-0.05, 0) is 56.4 Å². The van der Waals surface area contributed by atoms with E-state index in [-0.39, 0.29) is 24.8 Å². The number of benzene rings is 2. The van der Waals surface area contributed by atoms with Crippen LogP contribution in [0.1, 0.15) is 36.5 Å². The maximum Gasteiger partial charge on any atom is 0.242 e. The molecule has 0 radical (unpaired) electrons. The molecule has 0 bridgehead atoms. The summed E-state index contributed by atoms with van der Waals surface area (Å²) < 4.78 is 26.3. The summed E-state index contributed by atoms with van der Waals surface area (Å²) in [4.78, 5) is 26.9. The molecule has 2 rings (SSSR count). The van der Waals surface area contributed by atoms with Gasteiger partial charge < -0.3 is 10.2 Å². The Morgan fingerprint density at radius 1 is 1.00 bits per heavy atom. The minimum absolute atomic E-state index is 0.146. The molecule has 0 aliphatic rings. The zero-order valence-corrected chi connectivity index (χ0v) is 21.0. The Morgan fingerprint density at radius 2 is 1.67 bits per heavy atom. The van der Waals surface area contributed by atoms with Crippen molar-refractivity contribution in [2.45, 2.75) is 46.1 Å². The molecule has 2 aromatic carbocycles. The van der Waals surface area contributed by atoms with Gasteiger partial charge in [-0.25, -0.2) is 8.42 Å². The highest BCUT2D eigenvalue weighted by Crippen LogP contribution is 2.25. The van der Waals surface area contributed by atoms with E-state index in [2.05, 4.69) is 5.32 Å². The zero-order chi connectivity index (χ0) is 24.6. The van der Waals surface area contributed by atoms with Crippen LogP contribution < -0.4 is 9.62 Å². The van der Waals surface area contributed by atoms with Crippen LogP contribution in [-0.2, 0) is 26.0 Å². The molecule has 0 aliphatic carbocycles. The Bertz CT molecular complexity index is 1050. The summed E-state index contributed by atoms with van der Waals surface area (Å²) in [5, 5.41) is 2.61. The number of carbonyl (C=O) groups is 2. The lowest BCUT2D eigenvalue weighted by molar-refractivity contribution is -0.139. The molecule has 0 fully saturated rings. The van der Waals surface area contributed by atoms with Crippen molar-refractivity contribution < 1.29 is 18.0 Å². The van der Waals surface area contributed by atoms with Crippen LogP contribution in [0.4, 0.5) is 5.69 Å². The van der Waals surface area contributed by atoms with Crippen LogP contribution in [-0.4, -0.2) is 57.6 Å². The van der Waals surface area contributed by atoms with E-state index in [1.165, 1.54) is 10.6 Å². The molecule has 0 heterocycles. The van der Waals surface area contributed by atoms with Gasteiger partial charge in [-0.1, -0.05) is 42.5 Å². The highest BCUT2D eigenvalue weighted by molar-refractivity contribution is 7.92. The van der Waals surface area contributed by atoms with Gasteiger partial charge in [0.2, 0.25) is 21.8 Å². The Balaban J connectivity index is 2.11. The third kappa shape index (κ3) is 7.32. The molecule has 2 aromatic rings. The molecule has 2 amide bonds. The molecule has 1 N–H and O–H groups in total. The lowest BCUT2D eigenvalue weighted by Gasteiger charge is -2.29. The van der Waals surface area contributed by atoms with Crippen LogP contribution in [0, 0.1) is 13.8 Å². The van der Waals surface area contributed by atoms with Crippen LogP contribution in [0.25, 0.3) is 0 Å². The molecule has 1 unspecified atom stereocenters. The van der Waals surface area contributed by atoms with Crippen LogP contribution in [0.15, 0.2) is 48.5 Å². The number of sulfonamides is 1. The van der Waals surface area contributed by atoms with Gasteiger partial charge in [-0.15, -0.1) is 0 Å². The number of rotatable bonds is 11. The Kier molecular flexibility index (Phi) is 9.46. The van der Waals surface area contributed by atoms with Gasteiger partial charge >= 0.3 is 0 Å². The highest BCUT2D eigenvalue weighted by Gasteiger charge is 2.26. The van der Waals surface area contributed by atoms with Crippen molar-refractivity contribution in [1.82, 2.24) is 10.2 Å². The van der Waals surface area contributed by atoms with Crippen molar-refractivity contribution in [2.24, 2.45) is 0 Å². The predicted octanol–water partition coefficient (Wildman–Crippen LogP) is 3.06. The van der Waals surface area contributed by atoms with Crippen LogP contribution in [0.5, 0.6) is 0 Å². The summed E-state index contributed by atoms with van der Waals surface area (Å²) in [7, 11) is -1.96. The quantitative estimate of drug-likeness (QED) is 0.543. The highest BCUT2D eigenvalue weighted by atomic mass is 32.2. The first-order valence-corrected chi connectivity index (χ1v) is 13.0. The van der Waals surface area contributed by atoms with E-state index in [1.807, 2.05) is 56.3 Å². The van der Waals surface area contributed by atoms with Crippen molar-refractivity contribution in [3.63, 3.8) is 0 Å².